The third-order valence-electron chi connectivity index (χ3n) is 3.82. The number of hydrogen-bond donors (Lipinski definition) is 2. The summed E-state index contributed by atoms with van der Waals surface area (Å²) in [5.41, 5.74) is -0.194. The van der Waals surface area contributed by atoms with E-state index in [-0.39, 0.29) is 12.3 Å². The minimum absolute atomic E-state index is 0.0496. The highest BCUT2D eigenvalue weighted by molar-refractivity contribution is 5.95. The van der Waals surface area contributed by atoms with Gasteiger partial charge in [0, 0.05) is 5.56 Å². The van der Waals surface area contributed by atoms with E-state index in [1.807, 2.05) is 0 Å². The molecule has 0 aromatic heterocycles. The summed E-state index contributed by atoms with van der Waals surface area (Å²) in [7, 11) is 3.02. The number of aliphatic carboxylic acids is 1. The molecule has 0 saturated heterocycles. The van der Waals surface area contributed by atoms with Gasteiger partial charge in [0.1, 0.15) is 0 Å². The van der Waals surface area contributed by atoms with Gasteiger partial charge in [-0.1, -0.05) is 0 Å². The molecule has 1 aliphatic carbocycles. The van der Waals surface area contributed by atoms with Crippen molar-refractivity contribution < 1.29 is 24.2 Å². The van der Waals surface area contributed by atoms with E-state index >= 15 is 0 Å². The van der Waals surface area contributed by atoms with Crippen LogP contribution >= 0.6 is 0 Å². The summed E-state index contributed by atoms with van der Waals surface area (Å²) in [6.45, 7) is 0. The number of carboxylic acids is 1. The Balaban J connectivity index is 2.14. The number of amides is 1. The Morgan fingerprint density at radius 3 is 2.38 bits per heavy atom. The molecule has 0 atom stereocenters. The van der Waals surface area contributed by atoms with E-state index in [1.54, 1.807) is 18.2 Å². The van der Waals surface area contributed by atoms with E-state index in [0.29, 0.717) is 29.9 Å². The monoisotopic (exact) mass is 293 g/mol. The fourth-order valence-corrected chi connectivity index (χ4v) is 2.53. The number of benzene rings is 1. The van der Waals surface area contributed by atoms with E-state index in [9.17, 15) is 9.59 Å². The Morgan fingerprint density at radius 1 is 1.24 bits per heavy atom. The van der Waals surface area contributed by atoms with E-state index in [1.165, 1.54) is 14.2 Å². The predicted octanol–water partition coefficient (Wildman–Crippen LogP) is 1.83. The first-order valence-corrected chi connectivity index (χ1v) is 6.76. The van der Waals surface area contributed by atoms with Crippen LogP contribution in [0, 0.1) is 0 Å². The number of methoxy groups -OCH3 is 2. The van der Waals surface area contributed by atoms with Gasteiger partial charge in [0.2, 0.25) is 0 Å². The second-order valence-electron chi connectivity index (χ2n) is 5.23. The quantitative estimate of drug-likeness (QED) is 0.836. The van der Waals surface area contributed by atoms with Gasteiger partial charge in [0.15, 0.2) is 11.5 Å². The van der Waals surface area contributed by atoms with Gasteiger partial charge >= 0.3 is 5.97 Å². The van der Waals surface area contributed by atoms with Gasteiger partial charge in [-0.3, -0.25) is 9.59 Å². The first-order valence-electron chi connectivity index (χ1n) is 6.76. The molecule has 0 radical (unpaired) electrons. The Hall–Kier alpha value is -2.24. The minimum atomic E-state index is -0.901. The Bertz CT molecular complexity index is 551. The zero-order valence-corrected chi connectivity index (χ0v) is 12.1. The van der Waals surface area contributed by atoms with E-state index < -0.39 is 11.5 Å². The third-order valence-corrected chi connectivity index (χ3v) is 3.82. The highest BCUT2D eigenvalue weighted by atomic mass is 16.5. The summed E-state index contributed by atoms with van der Waals surface area (Å²) in [6.07, 6.45) is 2.27. The predicted molar refractivity (Wildman–Crippen MR) is 75.8 cm³/mol. The van der Waals surface area contributed by atoms with Crippen molar-refractivity contribution in [2.24, 2.45) is 0 Å². The average molecular weight is 293 g/mol. The molecule has 0 heterocycles. The standard InChI is InChI=1S/C15H19NO5/c1-20-11-5-4-10(8-12(11)21-2)14(19)16-15(6-3-7-15)9-13(17)18/h4-5,8H,3,6-7,9H2,1-2H3,(H,16,19)(H,17,18). The molecule has 0 spiro atoms. The molecular weight excluding hydrogens is 274 g/mol. The van der Waals surface area contributed by atoms with Crippen LogP contribution in [0.3, 0.4) is 0 Å². The van der Waals surface area contributed by atoms with Crippen molar-refractivity contribution in [2.75, 3.05) is 14.2 Å². The number of rotatable bonds is 6. The SMILES string of the molecule is COc1ccc(C(=O)NC2(CC(=O)O)CCC2)cc1OC. The van der Waals surface area contributed by atoms with Crippen LogP contribution in [-0.2, 0) is 4.79 Å². The highest BCUT2D eigenvalue weighted by Gasteiger charge is 2.40. The molecule has 0 unspecified atom stereocenters. The van der Waals surface area contributed by atoms with Gasteiger partial charge < -0.3 is 19.9 Å². The van der Waals surface area contributed by atoms with Crippen LogP contribution in [0.2, 0.25) is 0 Å². The lowest BCUT2D eigenvalue weighted by atomic mass is 9.74. The number of carbonyl (C=O) groups excluding carboxylic acids is 1. The molecule has 6 nitrogen and oxygen atoms in total. The maximum atomic E-state index is 12.3. The van der Waals surface area contributed by atoms with E-state index in [4.69, 9.17) is 14.6 Å². The van der Waals surface area contributed by atoms with Crippen molar-refractivity contribution in [1.29, 1.82) is 0 Å². The van der Waals surface area contributed by atoms with Gasteiger partial charge in [0.25, 0.3) is 5.91 Å². The fraction of sp³-hybridized carbons (Fsp3) is 0.467. The second kappa shape index (κ2) is 6.03. The zero-order valence-electron chi connectivity index (χ0n) is 12.1. The fourth-order valence-electron chi connectivity index (χ4n) is 2.53. The normalized spacial score (nSPS) is 15.7. The summed E-state index contributed by atoms with van der Waals surface area (Å²) in [5, 5.41) is 11.8. The molecule has 21 heavy (non-hydrogen) atoms. The van der Waals surface area contributed by atoms with Crippen LogP contribution < -0.4 is 14.8 Å². The summed E-state index contributed by atoms with van der Waals surface area (Å²) >= 11 is 0. The number of hydrogen-bond acceptors (Lipinski definition) is 4. The summed E-state index contributed by atoms with van der Waals surface area (Å²) in [6, 6.07) is 4.86. The van der Waals surface area contributed by atoms with Crippen LogP contribution in [0.5, 0.6) is 11.5 Å². The molecule has 6 heteroatoms. The lowest BCUT2D eigenvalue weighted by Crippen LogP contribution is -2.54. The molecular formula is C15H19NO5. The maximum absolute atomic E-state index is 12.3. The van der Waals surface area contributed by atoms with Gasteiger partial charge in [-0.05, 0) is 37.5 Å². The first kappa shape index (κ1) is 15.2. The smallest absolute Gasteiger partial charge is 0.305 e. The summed E-state index contributed by atoms with van der Waals surface area (Å²) in [4.78, 5) is 23.2. The van der Waals surface area contributed by atoms with Crippen molar-refractivity contribution in [3.05, 3.63) is 23.8 Å². The van der Waals surface area contributed by atoms with Gasteiger partial charge in [-0.25, -0.2) is 0 Å². The average Bonchev–Trinajstić information content (AvgIpc) is 2.43. The van der Waals surface area contributed by atoms with E-state index in [0.717, 1.165) is 6.42 Å². The Labute approximate surface area is 123 Å². The van der Waals surface area contributed by atoms with Gasteiger partial charge in [-0.2, -0.15) is 0 Å². The van der Waals surface area contributed by atoms with Crippen LogP contribution in [0.1, 0.15) is 36.0 Å². The first-order chi connectivity index (χ1) is 9.99. The number of ether oxygens (including phenoxy) is 2. The largest absolute Gasteiger partial charge is 0.493 e. The highest BCUT2D eigenvalue weighted by Crippen LogP contribution is 2.35. The lowest BCUT2D eigenvalue weighted by Gasteiger charge is -2.41. The van der Waals surface area contributed by atoms with Crippen molar-refractivity contribution in [1.82, 2.24) is 5.32 Å². The van der Waals surface area contributed by atoms with Crippen molar-refractivity contribution in [3.8, 4) is 11.5 Å². The molecule has 1 aliphatic rings. The van der Waals surface area contributed by atoms with Crippen molar-refractivity contribution >= 4 is 11.9 Å². The lowest BCUT2D eigenvalue weighted by molar-refractivity contribution is -0.139. The number of carbonyl (C=O) groups is 2. The molecule has 1 aromatic rings. The number of carboxylic acid groups (broad SMARTS) is 1. The van der Waals surface area contributed by atoms with Crippen LogP contribution in [0.4, 0.5) is 0 Å². The van der Waals surface area contributed by atoms with Crippen molar-refractivity contribution in [2.45, 2.75) is 31.2 Å². The molecule has 1 amide bonds. The molecule has 2 rings (SSSR count). The molecule has 1 aromatic carbocycles. The van der Waals surface area contributed by atoms with E-state index in [2.05, 4.69) is 5.32 Å². The minimum Gasteiger partial charge on any atom is -0.493 e. The summed E-state index contributed by atoms with van der Waals surface area (Å²) < 4.78 is 10.3. The summed E-state index contributed by atoms with van der Waals surface area (Å²) in [5.74, 6) is -0.191. The molecule has 114 valence electrons. The van der Waals surface area contributed by atoms with Gasteiger partial charge in [0.05, 0.1) is 26.2 Å². The third kappa shape index (κ3) is 3.26. The van der Waals surface area contributed by atoms with Crippen LogP contribution in [-0.4, -0.2) is 36.7 Å². The molecule has 1 saturated carbocycles. The Kier molecular flexibility index (Phi) is 4.35. The molecule has 2 N–H and O–H groups in total. The number of nitrogens with one attached hydrogen (secondary N) is 1. The molecule has 0 aliphatic heterocycles. The van der Waals surface area contributed by atoms with Crippen LogP contribution in [0.25, 0.3) is 0 Å². The van der Waals surface area contributed by atoms with Crippen LogP contribution in [0.15, 0.2) is 18.2 Å². The molecule has 1 fully saturated rings. The zero-order chi connectivity index (χ0) is 15.5. The Morgan fingerprint density at radius 2 is 1.90 bits per heavy atom. The molecule has 0 bridgehead atoms. The van der Waals surface area contributed by atoms with Gasteiger partial charge in [-0.15, -0.1) is 0 Å². The van der Waals surface area contributed by atoms with Crippen molar-refractivity contribution in [3.63, 3.8) is 0 Å². The maximum Gasteiger partial charge on any atom is 0.305 e. The topological polar surface area (TPSA) is 84.9 Å². The second-order valence-corrected chi connectivity index (χ2v) is 5.23.